The lowest BCUT2D eigenvalue weighted by molar-refractivity contribution is -0.385. The normalized spacial score (nSPS) is 10.5. The van der Waals surface area contributed by atoms with Crippen molar-refractivity contribution >= 4 is 46.6 Å². The van der Waals surface area contributed by atoms with Crippen LogP contribution in [0.15, 0.2) is 42.7 Å². The highest BCUT2D eigenvalue weighted by atomic mass is 35.5. The number of rotatable bonds is 9. The fraction of sp³-hybridized carbons (Fsp3) is 0.200. The average molecular weight is 477 g/mol. The minimum Gasteiger partial charge on any atom is -0.462 e. The minimum atomic E-state index is -0.564. The number of hydrogen-bond donors (Lipinski definition) is 2. The molecule has 0 saturated carbocycles. The summed E-state index contributed by atoms with van der Waals surface area (Å²) in [6.45, 7) is 2.75. The third-order valence-electron chi connectivity index (χ3n) is 4.14. The second-order valence-corrected chi connectivity index (χ2v) is 7.16. The maximum Gasteiger partial charge on any atom is 0.341 e. The molecular weight excluding hydrogens is 459 g/mol. The summed E-state index contributed by atoms with van der Waals surface area (Å²) in [6, 6.07) is 7.75. The molecule has 0 saturated heterocycles. The molecule has 2 N–H and O–H groups in total. The first-order valence-corrected chi connectivity index (χ1v) is 10.2. The van der Waals surface area contributed by atoms with Crippen LogP contribution < -0.4 is 10.6 Å². The molecule has 0 bridgehead atoms. The van der Waals surface area contributed by atoms with Gasteiger partial charge in [-0.15, -0.1) is 0 Å². The Morgan fingerprint density at radius 1 is 1.12 bits per heavy atom. The summed E-state index contributed by atoms with van der Waals surface area (Å²) in [4.78, 5) is 35.1. The molecule has 0 aliphatic carbocycles. The van der Waals surface area contributed by atoms with E-state index in [4.69, 9.17) is 27.9 Å². The summed E-state index contributed by atoms with van der Waals surface area (Å²) in [7, 11) is 0. The number of ether oxygens (including phenoxy) is 1. The van der Waals surface area contributed by atoms with E-state index in [1.807, 2.05) is 0 Å². The largest absolute Gasteiger partial charge is 0.462 e. The molecule has 0 amide bonds. The zero-order valence-electron chi connectivity index (χ0n) is 16.8. The Balaban J connectivity index is 1.73. The molecule has 10 nitrogen and oxygen atoms in total. The van der Waals surface area contributed by atoms with Crippen molar-refractivity contribution in [3.63, 3.8) is 0 Å². The second kappa shape index (κ2) is 10.7. The van der Waals surface area contributed by atoms with Gasteiger partial charge in [-0.1, -0.05) is 23.2 Å². The van der Waals surface area contributed by atoms with Gasteiger partial charge in [-0.3, -0.25) is 10.1 Å². The number of hydrogen-bond acceptors (Lipinski definition) is 9. The Bertz CT molecular complexity index is 1130. The fourth-order valence-corrected chi connectivity index (χ4v) is 3.17. The zero-order chi connectivity index (χ0) is 23.1. The van der Waals surface area contributed by atoms with Crippen molar-refractivity contribution in [1.82, 2.24) is 15.0 Å². The van der Waals surface area contributed by atoms with Gasteiger partial charge in [-0.2, -0.15) is 0 Å². The predicted octanol–water partition coefficient (Wildman–Crippen LogP) is 4.45. The van der Waals surface area contributed by atoms with E-state index in [2.05, 4.69) is 25.6 Å². The lowest BCUT2D eigenvalue weighted by Gasteiger charge is -2.12. The molecule has 0 aliphatic rings. The highest BCUT2D eigenvalue weighted by Gasteiger charge is 2.19. The Kier molecular flexibility index (Phi) is 7.74. The summed E-state index contributed by atoms with van der Waals surface area (Å²) in [5, 5.41) is 17.5. The SMILES string of the molecule is CCOC(=O)c1cnc(NCCNc2ccc([N+](=O)[O-])cn2)nc1-c1ccc(Cl)cc1Cl. The number of aromatic nitrogens is 3. The van der Waals surface area contributed by atoms with Gasteiger partial charge in [0.1, 0.15) is 17.6 Å². The minimum absolute atomic E-state index is 0.0860. The van der Waals surface area contributed by atoms with Crippen molar-refractivity contribution in [1.29, 1.82) is 0 Å². The first-order valence-electron chi connectivity index (χ1n) is 9.46. The van der Waals surface area contributed by atoms with Gasteiger partial charge in [0.05, 0.1) is 22.2 Å². The fourth-order valence-electron chi connectivity index (χ4n) is 2.68. The van der Waals surface area contributed by atoms with E-state index in [-0.39, 0.29) is 23.8 Å². The van der Waals surface area contributed by atoms with E-state index in [1.54, 1.807) is 25.1 Å². The van der Waals surface area contributed by atoms with Gasteiger partial charge in [0.2, 0.25) is 5.95 Å². The molecule has 32 heavy (non-hydrogen) atoms. The number of carbonyl (C=O) groups excluding carboxylic acids is 1. The van der Waals surface area contributed by atoms with Crippen LogP contribution in [0.25, 0.3) is 11.3 Å². The molecule has 166 valence electrons. The summed E-state index contributed by atoms with van der Waals surface area (Å²) in [5.74, 6) is 0.202. The van der Waals surface area contributed by atoms with E-state index < -0.39 is 10.9 Å². The number of anilines is 2. The Hall–Kier alpha value is -3.50. The van der Waals surface area contributed by atoms with Crippen molar-refractivity contribution in [2.75, 3.05) is 30.3 Å². The predicted molar refractivity (Wildman–Crippen MR) is 121 cm³/mol. The first kappa shape index (κ1) is 23.2. The molecule has 3 aromatic rings. The third-order valence-corrected chi connectivity index (χ3v) is 4.69. The summed E-state index contributed by atoms with van der Waals surface area (Å²) in [6.07, 6.45) is 2.55. The number of pyridine rings is 1. The van der Waals surface area contributed by atoms with Crippen LogP contribution in [0, 0.1) is 10.1 Å². The summed E-state index contributed by atoms with van der Waals surface area (Å²) in [5.41, 5.74) is 0.914. The van der Waals surface area contributed by atoms with Crippen LogP contribution in [0.4, 0.5) is 17.5 Å². The van der Waals surface area contributed by atoms with Crippen LogP contribution in [-0.4, -0.2) is 45.5 Å². The lowest BCUT2D eigenvalue weighted by atomic mass is 10.1. The maximum absolute atomic E-state index is 12.4. The quantitative estimate of drug-likeness (QED) is 0.198. The second-order valence-electron chi connectivity index (χ2n) is 6.31. The smallest absolute Gasteiger partial charge is 0.341 e. The number of nitrogens with zero attached hydrogens (tertiary/aromatic N) is 4. The van der Waals surface area contributed by atoms with Crippen molar-refractivity contribution in [2.24, 2.45) is 0 Å². The molecule has 0 fully saturated rings. The molecule has 0 spiro atoms. The molecule has 0 aliphatic heterocycles. The van der Waals surface area contributed by atoms with E-state index in [9.17, 15) is 14.9 Å². The van der Waals surface area contributed by atoms with Crippen molar-refractivity contribution < 1.29 is 14.5 Å². The van der Waals surface area contributed by atoms with Gasteiger partial charge in [-0.25, -0.2) is 19.7 Å². The number of halogens is 2. The highest BCUT2D eigenvalue weighted by Crippen LogP contribution is 2.32. The topological polar surface area (TPSA) is 132 Å². The number of nitrogens with one attached hydrogen (secondary N) is 2. The first-order chi connectivity index (χ1) is 15.4. The number of esters is 1. The Morgan fingerprint density at radius 3 is 2.56 bits per heavy atom. The molecule has 3 rings (SSSR count). The van der Waals surface area contributed by atoms with E-state index >= 15 is 0 Å². The van der Waals surface area contributed by atoms with Gasteiger partial charge < -0.3 is 15.4 Å². The highest BCUT2D eigenvalue weighted by molar-refractivity contribution is 6.36. The molecule has 1 aromatic carbocycles. The standard InChI is InChI=1S/C20H18Cl2N6O4/c1-2-32-19(29)15-11-26-20(27-18(15)14-5-3-12(21)9-16(14)22)24-8-7-23-17-6-4-13(10-25-17)28(30)31/h3-6,9-11H,2,7-8H2,1H3,(H,23,25)(H,24,26,27). The van der Waals surface area contributed by atoms with Gasteiger partial charge >= 0.3 is 5.97 Å². The molecule has 0 unspecified atom stereocenters. The average Bonchev–Trinajstić information content (AvgIpc) is 2.77. The molecule has 0 radical (unpaired) electrons. The van der Waals surface area contributed by atoms with Gasteiger partial charge in [0.25, 0.3) is 5.69 Å². The zero-order valence-corrected chi connectivity index (χ0v) is 18.4. The Labute approximate surface area is 193 Å². The van der Waals surface area contributed by atoms with Crippen LogP contribution >= 0.6 is 23.2 Å². The molecule has 2 heterocycles. The Morgan fingerprint density at radius 2 is 1.91 bits per heavy atom. The van der Waals surface area contributed by atoms with E-state index in [1.165, 1.54) is 24.5 Å². The van der Waals surface area contributed by atoms with Crippen LogP contribution in [0.2, 0.25) is 10.0 Å². The van der Waals surface area contributed by atoms with Crippen molar-refractivity contribution in [2.45, 2.75) is 6.92 Å². The monoisotopic (exact) mass is 476 g/mol. The lowest BCUT2D eigenvalue weighted by Crippen LogP contribution is -2.17. The third kappa shape index (κ3) is 5.80. The summed E-state index contributed by atoms with van der Waals surface area (Å²) < 4.78 is 5.10. The van der Waals surface area contributed by atoms with Crippen LogP contribution in [-0.2, 0) is 4.74 Å². The molecule has 0 atom stereocenters. The number of carbonyl (C=O) groups is 1. The van der Waals surface area contributed by atoms with Gasteiger partial charge in [0, 0.05) is 35.9 Å². The summed E-state index contributed by atoms with van der Waals surface area (Å²) >= 11 is 12.3. The van der Waals surface area contributed by atoms with Gasteiger partial charge in [0.15, 0.2) is 0 Å². The van der Waals surface area contributed by atoms with Crippen LogP contribution in [0.3, 0.4) is 0 Å². The van der Waals surface area contributed by atoms with Crippen molar-refractivity contribution in [3.05, 3.63) is 68.4 Å². The number of benzene rings is 1. The van der Waals surface area contributed by atoms with Gasteiger partial charge in [-0.05, 0) is 31.2 Å². The van der Waals surface area contributed by atoms with E-state index in [0.717, 1.165) is 0 Å². The molecule has 12 heteroatoms. The van der Waals surface area contributed by atoms with Crippen LogP contribution in [0.1, 0.15) is 17.3 Å². The molecular formula is C20H18Cl2N6O4. The van der Waals surface area contributed by atoms with E-state index in [0.29, 0.717) is 40.2 Å². The maximum atomic E-state index is 12.4. The van der Waals surface area contributed by atoms with Crippen molar-refractivity contribution in [3.8, 4) is 11.3 Å². The number of nitro groups is 1. The molecule has 2 aromatic heterocycles. The van der Waals surface area contributed by atoms with Crippen LogP contribution in [0.5, 0.6) is 0 Å².